The third-order valence-electron chi connectivity index (χ3n) is 3.53. The molecular weight excluding hydrogens is 290 g/mol. The quantitative estimate of drug-likeness (QED) is 0.564. The van der Waals surface area contributed by atoms with Crippen molar-refractivity contribution >= 4 is 5.91 Å². The molecule has 5 atom stereocenters. The van der Waals surface area contributed by atoms with Gasteiger partial charge in [-0.25, -0.2) is 0 Å². The van der Waals surface area contributed by atoms with Crippen LogP contribution in [-0.4, -0.2) is 58.5 Å². The number of carbonyl (C=O) groups excluding carboxylic acids is 1. The van der Waals surface area contributed by atoms with E-state index in [1.807, 2.05) is 30.3 Å². The van der Waals surface area contributed by atoms with Crippen molar-refractivity contribution in [3.8, 4) is 0 Å². The number of hydrogen-bond acceptors (Lipinski definition) is 6. The van der Waals surface area contributed by atoms with Crippen LogP contribution in [0, 0.1) is 0 Å². The zero-order valence-electron chi connectivity index (χ0n) is 12.3. The fraction of sp³-hybridized carbons (Fsp3) is 0.533. The molecule has 0 aromatic heterocycles. The number of amides is 1. The minimum absolute atomic E-state index is 0.198. The predicted molar refractivity (Wildman–Crippen MR) is 76.6 cm³/mol. The van der Waals surface area contributed by atoms with Crippen molar-refractivity contribution < 1.29 is 29.6 Å². The van der Waals surface area contributed by atoms with Crippen molar-refractivity contribution in [3.05, 3.63) is 35.9 Å². The maximum atomic E-state index is 11.3. The van der Waals surface area contributed by atoms with Gasteiger partial charge in [0.1, 0.15) is 24.4 Å². The molecule has 2 rings (SSSR count). The molecule has 7 heteroatoms. The second kappa shape index (κ2) is 7.66. The smallest absolute Gasteiger partial charge is 0.217 e. The summed E-state index contributed by atoms with van der Waals surface area (Å²) in [6, 6.07) is 8.39. The fourth-order valence-corrected chi connectivity index (χ4v) is 2.44. The van der Waals surface area contributed by atoms with Gasteiger partial charge < -0.3 is 30.1 Å². The van der Waals surface area contributed by atoms with E-state index in [9.17, 15) is 20.1 Å². The lowest BCUT2D eigenvalue weighted by molar-refractivity contribution is -0.263. The van der Waals surface area contributed by atoms with Crippen molar-refractivity contribution in [2.45, 2.75) is 44.2 Å². The summed E-state index contributed by atoms with van der Waals surface area (Å²) in [7, 11) is 0. The van der Waals surface area contributed by atoms with E-state index in [0.29, 0.717) is 0 Å². The molecule has 0 saturated carbocycles. The predicted octanol–water partition coefficient (Wildman–Crippen LogP) is -0.853. The molecule has 1 heterocycles. The highest BCUT2D eigenvalue weighted by molar-refractivity contribution is 5.73. The Hall–Kier alpha value is -1.51. The van der Waals surface area contributed by atoms with Crippen LogP contribution in [0.25, 0.3) is 0 Å². The van der Waals surface area contributed by atoms with Crippen LogP contribution in [0.5, 0.6) is 0 Å². The molecule has 1 aliphatic rings. The summed E-state index contributed by atoms with van der Waals surface area (Å²) in [5.74, 6) is -0.379. The van der Waals surface area contributed by atoms with Gasteiger partial charge in [-0.1, -0.05) is 30.3 Å². The van der Waals surface area contributed by atoms with E-state index in [0.717, 1.165) is 5.56 Å². The Labute approximate surface area is 128 Å². The van der Waals surface area contributed by atoms with Gasteiger partial charge in [-0.2, -0.15) is 0 Å². The van der Waals surface area contributed by atoms with E-state index >= 15 is 0 Å². The van der Waals surface area contributed by atoms with Crippen LogP contribution in [0.2, 0.25) is 0 Å². The van der Waals surface area contributed by atoms with E-state index in [1.165, 1.54) is 6.92 Å². The van der Waals surface area contributed by atoms with Crippen LogP contribution in [0.1, 0.15) is 12.5 Å². The monoisotopic (exact) mass is 311 g/mol. The van der Waals surface area contributed by atoms with Crippen LogP contribution in [-0.2, 0) is 20.9 Å². The Balaban J connectivity index is 2.10. The Morgan fingerprint density at radius 2 is 2.00 bits per heavy atom. The van der Waals surface area contributed by atoms with Crippen molar-refractivity contribution in [2.75, 3.05) is 6.61 Å². The number of nitrogens with one attached hydrogen (secondary N) is 1. The summed E-state index contributed by atoms with van der Waals surface area (Å²) in [6.45, 7) is 1.03. The van der Waals surface area contributed by atoms with E-state index < -0.39 is 37.3 Å². The van der Waals surface area contributed by atoms with Crippen molar-refractivity contribution in [1.82, 2.24) is 5.32 Å². The van der Waals surface area contributed by atoms with Crippen LogP contribution >= 0.6 is 0 Å². The summed E-state index contributed by atoms with van der Waals surface area (Å²) < 4.78 is 10.8. The van der Waals surface area contributed by atoms with Crippen LogP contribution < -0.4 is 5.32 Å². The first-order valence-electron chi connectivity index (χ1n) is 7.08. The number of rotatable bonds is 5. The molecule has 1 amide bonds. The molecule has 122 valence electrons. The Morgan fingerprint density at radius 3 is 2.59 bits per heavy atom. The molecule has 1 aliphatic heterocycles. The number of carbonyl (C=O) groups is 1. The Morgan fingerprint density at radius 1 is 1.32 bits per heavy atom. The first-order valence-corrected chi connectivity index (χ1v) is 7.08. The molecule has 0 radical (unpaired) electrons. The van der Waals surface area contributed by atoms with Gasteiger partial charge in [0, 0.05) is 6.92 Å². The average Bonchev–Trinajstić information content (AvgIpc) is 2.50. The largest absolute Gasteiger partial charge is 0.394 e. The molecule has 22 heavy (non-hydrogen) atoms. The third kappa shape index (κ3) is 4.02. The Kier molecular flexibility index (Phi) is 5.87. The topological polar surface area (TPSA) is 108 Å². The van der Waals surface area contributed by atoms with Gasteiger partial charge in [-0.15, -0.1) is 0 Å². The zero-order chi connectivity index (χ0) is 16.1. The van der Waals surface area contributed by atoms with Crippen molar-refractivity contribution in [3.63, 3.8) is 0 Å². The maximum Gasteiger partial charge on any atom is 0.217 e. The zero-order valence-corrected chi connectivity index (χ0v) is 12.3. The molecule has 1 fully saturated rings. The van der Waals surface area contributed by atoms with Crippen molar-refractivity contribution in [2.24, 2.45) is 0 Å². The summed E-state index contributed by atoms with van der Waals surface area (Å²) in [5, 5.41) is 31.9. The number of aliphatic hydroxyl groups is 3. The second-order valence-corrected chi connectivity index (χ2v) is 5.23. The molecule has 1 aromatic carbocycles. The molecular formula is C15H21NO6. The second-order valence-electron chi connectivity index (χ2n) is 5.23. The maximum absolute atomic E-state index is 11.3. The molecule has 0 aliphatic carbocycles. The lowest BCUT2D eigenvalue weighted by Gasteiger charge is -2.42. The van der Waals surface area contributed by atoms with Gasteiger partial charge in [0.05, 0.1) is 13.2 Å². The number of aliphatic hydroxyl groups excluding tert-OH is 3. The Bertz CT molecular complexity index is 482. The number of benzene rings is 1. The molecule has 1 aromatic rings. The van der Waals surface area contributed by atoms with Crippen LogP contribution in [0.4, 0.5) is 0 Å². The summed E-state index contributed by atoms with van der Waals surface area (Å²) in [5.41, 5.74) is 0.887. The average molecular weight is 311 g/mol. The molecule has 1 saturated heterocycles. The molecule has 0 bridgehead atoms. The molecule has 0 spiro atoms. The van der Waals surface area contributed by atoms with Gasteiger partial charge >= 0.3 is 0 Å². The lowest BCUT2D eigenvalue weighted by atomic mass is 9.96. The van der Waals surface area contributed by atoms with Crippen molar-refractivity contribution in [1.29, 1.82) is 0 Å². The number of hydrogen-bond donors (Lipinski definition) is 4. The molecule has 7 nitrogen and oxygen atoms in total. The highest BCUT2D eigenvalue weighted by atomic mass is 16.6. The standard InChI is InChI=1S/C15H21NO6/c1-9(18)16-12-14(13(19)11(7-17)22-15(12)20)21-8-10-5-3-2-4-6-10/h2-6,11-15,17,19-20H,7-8H2,1H3,(H,16,18)/t11-,12+,13-,14+,15-/m1/s1. The van der Waals surface area contributed by atoms with E-state index in [2.05, 4.69) is 5.32 Å². The highest BCUT2D eigenvalue weighted by Gasteiger charge is 2.45. The summed E-state index contributed by atoms with van der Waals surface area (Å²) in [4.78, 5) is 11.3. The normalized spacial score (nSPS) is 31.7. The van der Waals surface area contributed by atoms with Crippen LogP contribution in [0.15, 0.2) is 30.3 Å². The first-order chi connectivity index (χ1) is 10.5. The highest BCUT2D eigenvalue weighted by Crippen LogP contribution is 2.23. The van der Waals surface area contributed by atoms with Gasteiger partial charge in [0.2, 0.25) is 5.91 Å². The minimum atomic E-state index is -1.37. The SMILES string of the molecule is CC(=O)N[C@H]1[C@H](OCc2ccccc2)[C@H](O)[C@@H](CO)O[C@H]1O. The molecule has 4 N–H and O–H groups in total. The summed E-state index contributed by atoms with van der Waals surface area (Å²) in [6.07, 6.45) is -4.41. The van der Waals surface area contributed by atoms with E-state index in [-0.39, 0.29) is 12.5 Å². The summed E-state index contributed by atoms with van der Waals surface area (Å²) >= 11 is 0. The lowest BCUT2D eigenvalue weighted by Crippen LogP contribution is -2.64. The molecule has 0 unspecified atom stereocenters. The first kappa shape index (κ1) is 16.9. The minimum Gasteiger partial charge on any atom is -0.394 e. The fourth-order valence-electron chi connectivity index (χ4n) is 2.44. The van der Waals surface area contributed by atoms with Gasteiger partial charge in [0.15, 0.2) is 6.29 Å². The number of ether oxygens (including phenoxy) is 2. The van der Waals surface area contributed by atoms with E-state index in [1.54, 1.807) is 0 Å². The van der Waals surface area contributed by atoms with E-state index in [4.69, 9.17) is 9.47 Å². The van der Waals surface area contributed by atoms with Gasteiger partial charge in [-0.05, 0) is 5.56 Å². The third-order valence-corrected chi connectivity index (χ3v) is 3.53. The van der Waals surface area contributed by atoms with Gasteiger partial charge in [-0.3, -0.25) is 4.79 Å². The van der Waals surface area contributed by atoms with Crippen LogP contribution in [0.3, 0.4) is 0 Å². The van der Waals surface area contributed by atoms with Gasteiger partial charge in [0.25, 0.3) is 0 Å².